The number of rotatable bonds is 4. The highest BCUT2D eigenvalue weighted by Crippen LogP contribution is 2.43. The quantitative estimate of drug-likeness (QED) is 0.620. The fraction of sp³-hybridized carbons (Fsp3) is 0.577. The van der Waals surface area contributed by atoms with E-state index in [0.29, 0.717) is 11.0 Å². The molecule has 0 unspecified atom stereocenters. The summed E-state index contributed by atoms with van der Waals surface area (Å²) in [6.45, 7) is 3.36. The molecule has 2 aromatic rings. The minimum atomic E-state index is -4.42. The maximum Gasteiger partial charge on any atom is 0.406 e. The van der Waals surface area contributed by atoms with Gasteiger partial charge in [0.2, 0.25) is 0 Å². The second kappa shape index (κ2) is 8.82. The zero-order valence-corrected chi connectivity index (χ0v) is 19.0. The van der Waals surface area contributed by atoms with E-state index in [1.807, 2.05) is 24.3 Å². The summed E-state index contributed by atoms with van der Waals surface area (Å²) in [6.07, 6.45) is 6.16. The lowest BCUT2D eigenvalue weighted by molar-refractivity contribution is -0.141. The van der Waals surface area contributed by atoms with Crippen molar-refractivity contribution in [2.45, 2.75) is 63.7 Å². The molecule has 5 rings (SSSR count). The molecule has 178 valence electrons. The molecule has 1 aromatic carbocycles. The lowest BCUT2D eigenvalue weighted by atomic mass is 9.70. The van der Waals surface area contributed by atoms with Crippen LogP contribution in [0, 0.1) is 5.41 Å². The maximum atomic E-state index is 12.8. The predicted octanol–water partition coefficient (Wildman–Crippen LogP) is 5.31. The highest BCUT2D eigenvalue weighted by molar-refractivity contribution is 5.65. The summed E-state index contributed by atoms with van der Waals surface area (Å²) in [5.41, 5.74) is 2.44. The third kappa shape index (κ3) is 4.98. The molecule has 1 aliphatic carbocycles. The first-order valence-electron chi connectivity index (χ1n) is 12.2. The second-order valence-corrected chi connectivity index (χ2v) is 10.2. The van der Waals surface area contributed by atoms with Crippen LogP contribution in [-0.2, 0) is 6.54 Å². The highest BCUT2D eigenvalue weighted by atomic mass is 19.4. The first kappa shape index (κ1) is 22.5. The number of piperidine rings is 2. The minimum absolute atomic E-state index is 0.503. The van der Waals surface area contributed by atoms with Gasteiger partial charge in [-0.25, -0.2) is 0 Å². The van der Waals surface area contributed by atoms with Crippen molar-refractivity contribution < 1.29 is 13.2 Å². The van der Waals surface area contributed by atoms with Crippen LogP contribution in [-0.4, -0.2) is 47.9 Å². The van der Waals surface area contributed by atoms with Gasteiger partial charge in [-0.2, -0.15) is 13.2 Å². The molecule has 0 bridgehead atoms. The molecule has 1 aromatic heterocycles. The van der Waals surface area contributed by atoms with Gasteiger partial charge in [0.1, 0.15) is 6.54 Å². The van der Waals surface area contributed by atoms with Crippen molar-refractivity contribution in [3.05, 3.63) is 52.9 Å². The Balaban J connectivity index is 1.20. The molecule has 3 heterocycles. The van der Waals surface area contributed by atoms with Crippen molar-refractivity contribution in [3.8, 4) is 11.1 Å². The van der Waals surface area contributed by atoms with Crippen LogP contribution in [0.2, 0.25) is 0 Å². The number of benzene rings is 1. The van der Waals surface area contributed by atoms with Crippen LogP contribution < -0.4 is 10.5 Å². The lowest BCUT2D eigenvalue weighted by Crippen LogP contribution is -2.50. The molecular weight excluding hydrogens is 427 g/mol. The van der Waals surface area contributed by atoms with Gasteiger partial charge in [0, 0.05) is 37.1 Å². The van der Waals surface area contributed by atoms with Gasteiger partial charge in [-0.15, -0.1) is 0 Å². The van der Waals surface area contributed by atoms with Gasteiger partial charge < -0.3 is 14.4 Å². The fourth-order valence-electron chi connectivity index (χ4n) is 5.74. The third-order valence-corrected chi connectivity index (χ3v) is 8.17. The van der Waals surface area contributed by atoms with E-state index in [4.69, 9.17) is 0 Å². The predicted molar refractivity (Wildman–Crippen MR) is 125 cm³/mol. The van der Waals surface area contributed by atoms with E-state index in [2.05, 4.69) is 9.80 Å². The van der Waals surface area contributed by atoms with Crippen LogP contribution in [0.15, 0.2) is 47.4 Å². The Morgan fingerprint density at radius 2 is 1.45 bits per heavy atom. The summed E-state index contributed by atoms with van der Waals surface area (Å²) >= 11 is 0. The Morgan fingerprint density at radius 1 is 0.848 bits per heavy atom. The molecule has 7 heteroatoms. The lowest BCUT2D eigenvalue weighted by Gasteiger charge is -2.50. The zero-order chi connectivity index (χ0) is 23.1. The molecule has 33 heavy (non-hydrogen) atoms. The topological polar surface area (TPSA) is 28.5 Å². The van der Waals surface area contributed by atoms with Gasteiger partial charge in [-0.1, -0.05) is 18.6 Å². The van der Waals surface area contributed by atoms with Gasteiger partial charge in [-0.05, 0) is 86.4 Å². The van der Waals surface area contributed by atoms with Gasteiger partial charge in [0.25, 0.3) is 5.56 Å². The molecule has 0 amide bonds. The van der Waals surface area contributed by atoms with Crippen molar-refractivity contribution in [3.63, 3.8) is 0 Å². The Labute approximate surface area is 193 Å². The summed E-state index contributed by atoms with van der Waals surface area (Å²) in [5.74, 6) is 0. The average Bonchev–Trinajstić information content (AvgIpc) is 2.76. The molecule has 3 aliphatic rings. The van der Waals surface area contributed by atoms with E-state index in [1.165, 1.54) is 70.3 Å². The molecule has 0 atom stereocenters. The van der Waals surface area contributed by atoms with E-state index in [9.17, 15) is 18.0 Å². The molecule has 1 spiro atoms. The Bertz CT molecular complexity index is 1010. The smallest absolute Gasteiger partial charge is 0.371 e. The average molecular weight is 460 g/mol. The van der Waals surface area contributed by atoms with E-state index in [0.717, 1.165) is 34.9 Å². The van der Waals surface area contributed by atoms with Crippen LogP contribution >= 0.6 is 0 Å². The Kier molecular flexibility index (Phi) is 6.02. The highest BCUT2D eigenvalue weighted by Gasteiger charge is 2.39. The van der Waals surface area contributed by atoms with Gasteiger partial charge >= 0.3 is 6.18 Å². The first-order chi connectivity index (χ1) is 15.8. The number of hydrogen-bond acceptors (Lipinski definition) is 3. The van der Waals surface area contributed by atoms with Crippen molar-refractivity contribution in [2.75, 3.05) is 31.1 Å². The number of aromatic nitrogens is 1. The molecule has 4 nitrogen and oxygen atoms in total. The van der Waals surface area contributed by atoms with Crippen LogP contribution in [0.5, 0.6) is 0 Å². The summed E-state index contributed by atoms with van der Waals surface area (Å²) < 4.78 is 39.0. The summed E-state index contributed by atoms with van der Waals surface area (Å²) in [5, 5.41) is 0. The second-order valence-electron chi connectivity index (χ2n) is 10.2. The SMILES string of the molecule is O=c1ccc(-c2ccc(N3CCC4(CC3)CCN(C3CCC3)CC4)cc2)cn1CC(F)(F)F. The number of pyridine rings is 1. The molecular formula is C26H32F3N3O. The molecule has 2 saturated heterocycles. The molecule has 2 aliphatic heterocycles. The van der Waals surface area contributed by atoms with E-state index >= 15 is 0 Å². The van der Waals surface area contributed by atoms with E-state index in [-0.39, 0.29) is 0 Å². The summed E-state index contributed by atoms with van der Waals surface area (Å²) in [4.78, 5) is 16.9. The van der Waals surface area contributed by atoms with Gasteiger partial charge in [0.15, 0.2) is 0 Å². The van der Waals surface area contributed by atoms with Crippen LogP contribution in [0.25, 0.3) is 11.1 Å². The fourth-order valence-corrected chi connectivity index (χ4v) is 5.74. The monoisotopic (exact) mass is 459 g/mol. The minimum Gasteiger partial charge on any atom is -0.371 e. The zero-order valence-electron chi connectivity index (χ0n) is 19.0. The standard InChI is InChI=1S/C26H32F3N3O/c27-26(28,29)19-32-18-21(6-9-24(32)33)20-4-7-23(8-5-20)31-16-12-25(13-17-31)10-14-30(15-11-25)22-2-1-3-22/h4-9,18,22H,1-3,10-17,19H2. The number of likely N-dealkylation sites (tertiary alicyclic amines) is 1. The Morgan fingerprint density at radius 3 is 2.03 bits per heavy atom. The molecule has 3 fully saturated rings. The van der Waals surface area contributed by atoms with E-state index in [1.54, 1.807) is 6.07 Å². The Hall–Kier alpha value is -2.28. The van der Waals surface area contributed by atoms with Crippen molar-refractivity contribution in [1.29, 1.82) is 0 Å². The van der Waals surface area contributed by atoms with Crippen LogP contribution in [0.1, 0.15) is 44.9 Å². The van der Waals surface area contributed by atoms with Crippen molar-refractivity contribution in [1.82, 2.24) is 9.47 Å². The van der Waals surface area contributed by atoms with Crippen molar-refractivity contribution >= 4 is 5.69 Å². The first-order valence-corrected chi connectivity index (χ1v) is 12.2. The summed E-state index contributed by atoms with van der Waals surface area (Å²) in [6, 6.07) is 11.6. The largest absolute Gasteiger partial charge is 0.406 e. The maximum absolute atomic E-state index is 12.8. The number of nitrogens with zero attached hydrogens (tertiary/aromatic N) is 3. The molecule has 1 saturated carbocycles. The van der Waals surface area contributed by atoms with E-state index < -0.39 is 18.3 Å². The number of anilines is 1. The van der Waals surface area contributed by atoms with Crippen molar-refractivity contribution in [2.24, 2.45) is 5.41 Å². The number of hydrogen-bond donors (Lipinski definition) is 0. The van der Waals surface area contributed by atoms with Gasteiger partial charge in [0.05, 0.1) is 0 Å². The van der Waals surface area contributed by atoms with Crippen LogP contribution in [0.4, 0.5) is 18.9 Å². The normalized spacial score (nSPS) is 21.8. The third-order valence-electron chi connectivity index (χ3n) is 8.17. The molecule has 0 N–H and O–H groups in total. The number of alkyl halides is 3. The number of halogens is 3. The van der Waals surface area contributed by atoms with Crippen LogP contribution in [0.3, 0.4) is 0 Å². The molecule has 0 radical (unpaired) electrons. The van der Waals surface area contributed by atoms with Gasteiger partial charge in [-0.3, -0.25) is 4.79 Å². The summed E-state index contributed by atoms with van der Waals surface area (Å²) in [7, 11) is 0.